The SMILES string of the molecule is CC(C)(C)[S@@](=O)N[C@@H]1c2cc(CO)ccc2CC12CCNCC2. The number of benzene rings is 1. The Labute approximate surface area is 141 Å². The van der Waals surface area contributed by atoms with E-state index in [0.29, 0.717) is 0 Å². The standard InChI is InChI=1S/C18H28N2O2S/c1-17(2,3)23(22)20-16-15-10-13(12-21)4-5-14(15)11-18(16)6-8-19-9-7-18/h4-5,10,16,19-21H,6-9,11-12H2,1-3H3/t16-,23-/m1/s1. The van der Waals surface area contributed by atoms with Crippen LogP contribution in [0.4, 0.5) is 0 Å². The maximum absolute atomic E-state index is 12.7. The molecule has 1 spiro atoms. The monoisotopic (exact) mass is 336 g/mol. The van der Waals surface area contributed by atoms with Gasteiger partial charge in [-0.1, -0.05) is 18.2 Å². The van der Waals surface area contributed by atoms with Gasteiger partial charge in [0.1, 0.15) is 0 Å². The van der Waals surface area contributed by atoms with Crippen LogP contribution in [-0.4, -0.2) is 27.2 Å². The second-order valence-electron chi connectivity index (χ2n) is 7.91. The molecule has 1 aromatic carbocycles. The predicted molar refractivity (Wildman–Crippen MR) is 94.4 cm³/mol. The number of aliphatic hydroxyl groups excluding tert-OH is 1. The Morgan fingerprint density at radius 2 is 2.04 bits per heavy atom. The van der Waals surface area contributed by atoms with Crippen LogP contribution >= 0.6 is 0 Å². The Bertz CT molecular complexity index is 604. The van der Waals surface area contributed by atoms with Crippen molar-refractivity contribution >= 4 is 11.0 Å². The Morgan fingerprint density at radius 1 is 1.35 bits per heavy atom. The third-order valence-corrected chi connectivity index (χ3v) is 6.80. The Morgan fingerprint density at radius 3 is 2.65 bits per heavy atom. The minimum atomic E-state index is -1.10. The summed E-state index contributed by atoms with van der Waals surface area (Å²) in [5, 5.41) is 12.9. The van der Waals surface area contributed by atoms with Crippen molar-refractivity contribution in [2.45, 2.75) is 57.4 Å². The van der Waals surface area contributed by atoms with E-state index in [9.17, 15) is 9.32 Å². The van der Waals surface area contributed by atoms with Gasteiger partial charge in [-0.05, 0) is 75.2 Å². The molecule has 23 heavy (non-hydrogen) atoms. The first-order valence-corrected chi connectivity index (χ1v) is 9.62. The average molecular weight is 337 g/mol. The van der Waals surface area contributed by atoms with Gasteiger partial charge in [0.15, 0.2) is 0 Å². The molecule has 3 N–H and O–H groups in total. The highest BCUT2D eigenvalue weighted by atomic mass is 32.2. The van der Waals surface area contributed by atoms with Crippen molar-refractivity contribution in [2.24, 2.45) is 5.41 Å². The first-order chi connectivity index (χ1) is 10.9. The number of hydrogen-bond acceptors (Lipinski definition) is 3. The summed E-state index contributed by atoms with van der Waals surface area (Å²) in [5.41, 5.74) is 3.65. The molecule has 1 saturated heterocycles. The molecule has 1 fully saturated rings. The number of rotatable bonds is 3. The topological polar surface area (TPSA) is 61.4 Å². The second-order valence-corrected chi connectivity index (χ2v) is 9.91. The van der Waals surface area contributed by atoms with Gasteiger partial charge in [-0.3, -0.25) is 0 Å². The molecule has 0 amide bonds. The number of nitrogens with one attached hydrogen (secondary N) is 2. The highest BCUT2D eigenvalue weighted by Crippen LogP contribution is 2.51. The lowest BCUT2D eigenvalue weighted by Crippen LogP contribution is -2.46. The molecule has 0 saturated carbocycles. The fourth-order valence-corrected chi connectivity index (χ4v) is 4.79. The summed E-state index contributed by atoms with van der Waals surface area (Å²) in [4.78, 5) is 0. The average Bonchev–Trinajstić information content (AvgIpc) is 2.79. The molecule has 5 heteroatoms. The summed E-state index contributed by atoms with van der Waals surface area (Å²) >= 11 is 0. The number of hydrogen-bond donors (Lipinski definition) is 3. The van der Waals surface area contributed by atoms with Crippen LogP contribution in [0.1, 0.15) is 56.3 Å². The lowest BCUT2D eigenvalue weighted by atomic mass is 9.73. The maximum Gasteiger partial charge on any atom is 0.0976 e. The summed E-state index contributed by atoms with van der Waals surface area (Å²) in [5.74, 6) is 0. The molecule has 0 aromatic heterocycles. The highest BCUT2D eigenvalue weighted by Gasteiger charge is 2.47. The molecule has 1 aliphatic carbocycles. The van der Waals surface area contributed by atoms with Gasteiger partial charge in [-0.2, -0.15) is 0 Å². The van der Waals surface area contributed by atoms with E-state index < -0.39 is 11.0 Å². The van der Waals surface area contributed by atoms with E-state index in [1.807, 2.05) is 26.8 Å². The molecule has 128 valence electrons. The lowest BCUT2D eigenvalue weighted by molar-refractivity contribution is 0.164. The van der Waals surface area contributed by atoms with E-state index in [1.54, 1.807) is 0 Å². The molecule has 1 aliphatic heterocycles. The van der Waals surface area contributed by atoms with Gasteiger partial charge >= 0.3 is 0 Å². The zero-order valence-corrected chi connectivity index (χ0v) is 15.1. The maximum atomic E-state index is 12.7. The highest BCUT2D eigenvalue weighted by molar-refractivity contribution is 7.84. The van der Waals surface area contributed by atoms with Crippen LogP contribution in [-0.2, 0) is 24.0 Å². The van der Waals surface area contributed by atoms with Gasteiger partial charge in [0.25, 0.3) is 0 Å². The largest absolute Gasteiger partial charge is 0.392 e. The van der Waals surface area contributed by atoms with Crippen LogP contribution in [0, 0.1) is 5.41 Å². The molecule has 0 bridgehead atoms. The molecule has 0 radical (unpaired) electrons. The predicted octanol–water partition coefficient (Wildman–Crippen LogP) is 2.20. The van der Waals surface area contributed by atoms with E-state index in [-0.39, 0.29) is 22.8 Å². The Balaban J connectivity index is 1.98. The van der Waals surface area contributed by atoms with Gasteiger partial charge in [0.05, 0.1) is 28.4 Å². The quantitative estimate of drug-likeness (QED) is 0.793. The van der Waals surface area contributed by atoms with Crippen molar-refractivity contribution in [1.29, 1.82) is 0 Å². The summed E-state index contributed by atoms with van der Waals surface area (Å²) < 4.78 is 15.9. The molecule has 2 atom stereocenters. The van der Waals surface area contributed by atoms with Crippen LogP contribution in [0.15, 0.2) is 18.2 Å². The minimum Gasteiger partial charge on any atom is -0.392 e. The molecule has 3 rings (SSSR count). The van der Waals surface area contributed by atoms with E-state index in [1.165, 1.54) is 11.1 Å². The summed E-state index contributed by atoms with van der Waals surface area (Å²) in [6.45, 7) is 8.10. The van der Waals surface area contributed by atoms with Crippen molar-refractivity contribution in [3.63, 3.8) is 0 Å². The molecule has 4 nitrogen and oxygen atoms in total. The van der Waals surface area contributed by atoms with Crippen molar-refractivity contribution in [3.05, 3.63) is 34.9 Å². The number of aliphatic hydroxyl groups is 1. The molecule has 1 heterocycles. The second kappa shape index (κ2) is 6.28. The van der Waals surface area contributed by atoms with Crippen LogP contribution < -0.4 is 10.0 Å². The van der Waals surface area contributed by atoms with E-state index >= 15 is 0 Å². The number of piperidine rings is 1. The van der Waals surface area contributed by atoms with E-state index in [4.69, 9.17) is 0 Å². The molecule has 1 aromatic rings. The van der Waals surface area contributed by atoms with Crippen LogP contribution in [0.5, 0.6) is 0 Å². The summed E-state index contributed by atoms with van der Waals surface area (Å²) in [7, 11) is -1.10. The summed E-state index contributed by atoms with van der Waals surface area (Å²) in [6, 6.07) is 6.36. The van der Waals surface area contributed by atoms with Crippen molar-refractivity contribution in [2.75, 3.05) is 13.1 Å². The van der Waals surface area contributed by atoms with Crippen molar-refractivity contribution in [3.8, 4) is 0 Å². The zero-order chi connectivity index (χ0) is 16.7. The fraction of sp³-hybridized carbons (Fsp3) is 0.667. The lowest BCUT2D eigenvalue weighted by Gasteiger charge is -2.40. The van der Waals surface area contributed by atoms with Gasteiger partial charge in [0.2, 0.25) is 0 Å². The van der Waals surface area contributed by atoms with Gasteiger partial charge < -0.3 is 10.4 Å². The first kappa shape index (κ1) is 17.1. The summed E-state index contributed by atoms with van der Waals surface area (Å²) in [6.07, 6.45) is 3.22. The minimum absolute atomic E-state index is 0.0525. The third-order valence-electron chi connectivity index (χ3n) is 5.24. The molecule has 2 aliphatic rings. The third kappa shape index (κ3) is 3.25. The smallest absolute Gasteiger partial charge is 0.0976 e. The molecule has 0 unspecified atom stereocenters. The first-order valence-electron chi connectivity index (χ1n) is 8.47. The van der Waals surface area contributed by atoms with Crippen molar-refractivity contribution in [1.82, 2.24) is 10.0 Å². The van der Waals surface area contributed by atoms with Crippen LogP contribution in [0.25, 0.3) is 0 Å². The molecular formula is C18H28N2O2S. The molecular weight excluding hydrogens is 308 g/mol. The Hall–Kier alpha value is -0.750. The number of fused-ring (bicyclic) bond motifs is 1. The van der Waals surface area contributed by atoms with Gasteiger partial charge in [-0.25, -0.2) is 8.93 Å². The normalized spacial score (nSPS) is 24.6. The van der Waals surface area contributed by atoms with Crippen LogP contribution in [0.3, 0.4) is 0 Å². The fourth-order valence-electron chi connectivity index (χ4n) is 3.85. The van der Waals surface area contributed by atoms with Crippen molar-refractivity contribution < 1.29 is 9.32 Å². The van der Waals surface area contributed by atoms with E-state index in [0.717, 1.165) is 37.9 Å². The van der Waals surface area contributed by atoms with Gasteiger partial charge in [0, 0.05) is 0 Å². The van der Waals surface area contributed by atoms with Gasteiger partial charge in [-0.15, -0.1) is 0 Å². The van der Waals surface area contributed by atoms with Crippen LogP contribution in [0.2, 0.25) is 0 Å². The Kier molecular flexibility index (Phi) is 4.67. The van der Waals surface area contributed by atoms with E-state index in [2.05, 4.69) is 22.2 Å². The zero-order valence-electron chi connectivity index (χ0n) is 14.3.